The van der Waals surface area contributed by atoms with Crippen LogP contribution in [0.5, 0.6) is 0 Å². The first-order valence-electron chi connectivity index (χ1n) is 9.52. The summed E-state index contributed by atoms with van der Waals surface area (Å²) in [5.41, 5.74) is 2.45. The Morgan fingerprint density at radius 2 is 1.59 bits per heavy atom. The lowest BCUT2D eigenvalue weighted by molar-refractivity contribution is -0.132. The number of amides is 1. The molecule has 2 aromatic carbocycles. The molecule has 0 bridgehead atoms. The van der Waals surface area contributed by atoms with Crippen LogP contribution in [0, 0.1) is 0 Å². The predicted molar refractivity (Wildman–Crippen MR) is 117 cm³/mol. The number of nitrogens with zero attached hydrogens (tertiary/aromatic N) is 4. The molecule has 1 fully saturated rings. The number of carbonyl (C=O) groups excluding carboxylic acids is 1. The SMILES string of the molecule is O=C(Cn1nc(-c2ccc(Br)cc2)ccc1=O)N1CCN(c2ccccc2)CC1. The molecule has 1 aromatic heterocycles. The third kappa shape index (κ3) is 4.56. The van der Waals surface area contributed by atoms with Crippen molar-refractivity contribution in [2.45, 2.75) is 6.54 Å². The number of hydrogen-bond acceptors (Lipinski definition) is 4. The largest absolute Gasteiger partial charge is 0.368 e. The van der Waals surface area contributed by atoms with Crippen LogP contribution in [0.15, 0.2) is 76.0 Å². The van der Waals surface area contributed by atoms with Crippen LogP contribution in [0.25, 0.3) is 11.3 Å². The van der Waals surface area contributed by atoms with Gasteiger partial charge in [-0.25, -0.2) is 4.68 Å². The summed E-state index contributed by atoms with van der Waals surface area (Å²) in [6.45, 7) is 2.77. The Hall–Kier alpha value is -2.93. The fraction of sp³-hybridized carbons (Fsp3) is 0.227. The minimum atomic E-state index is -0.276. The molecular weight excluding hydrogens is 432 g/mol. The summed E-state index contributed by atoms with van der Waals surface area (Å²) in [5.74, 6) is -0.0831. The highest BCUT2D eigenvalue weighted by molar-refractivity contribution is 9.10. The molecule has 0 spiro atoms. The Bertz CT molecular complexity index is 1040. The van der Waals surface area contributed by atoms with E-state index in [9.17, 15) is 9.59 Å². The van der Waals surface area contributed by atoms with Gasteiger partial charge in [-0.1, -0.05) is 46.3 Å². The van der Waals surface area contributed by atoms with Crippen LogP contribution < -0.4 is 10.5 Å². The second-order valence-electron chi connectivity index (χ2n) is 6.92. The maximum Gasteiger partial charge on any atom is 0.267 e. The van der Waals surface area contributed by atoms with Crippen molar-refractivity contribution in [3.63, 3.8) is 0 Å². The van der Waals surface area contributed by atoms with Crippen LogP contribution in [0.1, 0.15) is 0 Å². The fourth-order valence-electron chi connectivity index (χ4n) is 3.42. The average molecular weight is 453 g/mol. The van der Waals surface area contributed by atoms with E-state index in [0.717, 1.165) is 23.1 Å². The Morgan fingerprint density at radius 1 is 0.897 bits per heavy atom. The molecule has 3 aromatic rings. The number of benzene rings is 2. The highest BCUT2D eigenvalue weighted by Gasteiger charge is 2.22. The Kier molecular flexibility index (Phi) is 5.76. The Labute approximate surface area is 177 Å². The maximum absolute atomic E-state index is 12.8. The molecule has 1 saturated heterocycles. The van der Waals surface area contributed by atoms with Crippen molar-refractivity contribution in [2.75, 3.05) is 31.1 Å². The number of halogens is 1. The lowest BCUT2D eigenvalue weighted by Gasteiger charge is -2.36. The van der Waals surface area contributed by atoms with Gasteiger partial charge >= 0.3 is 0 Å². The molecule has 0 saturated carbocycles. The van der Waals surface area contributed by atoms with E-state index in [1.165, 1.54) is 16.4 Å². The zero-order chi connectivity index (χ0) is 20.2. The highest BCUT2D eigenvalue weighted by Crippen LogP contribution is 2.19. The van der Waals surface area contributed by atoms with Crippen LogP contribution in [0.3, 0.4) is 0 Å². The molecule has 1 aliphatic rings. The van der Waals surface area contributed by atoms with Gasteiger partial charge in [0.2, 0.25) is 5.91 Å². The summed E-state index contributed by atoms with van der Waals surface area (Å²) in [6.07, 6.45) is 0. The van der Waals surface area contributed by atoms with Gasteiger partial charge < -0.3 is 9.80 Å². The summed E-state index contributed by atoms with van der Waals surface area (Å²) >= 11 is 3.41. The molecule has 0 N–H and O–H groups in total. The van der Waals surface area contributed by atoms with Gasteiger partial charge in [0.1, 0.15) is 6.54 Å². The van der Waals surface area contributed by atoms with Crippen molar-refractivity contribution >= 4 is 27.5 Å². The van der Waals surface area contributed by atoms with Crippen molar-refractivity contribution < 1.29 is 4.79 Å². The van der Waals surface area contributed by atoms with Crippen molar-refractivity contribution in [3.05, 3.63) is 81.6 Å². The van der Waals surface area contributed by atoms with E-state index < -0.39 is 0 Å². The number of aromatic nitrogens is 2. The molecule has 29 heavy (non-hydrogen) atoms. The second kappa shape index (κ2) is 8.61. The number of anilines is 1. The monoisotopic (exact) mass is 452 g/mol. The predicted octanol–water partition coefficient (Wildman–Crippen LogP) is 3.02. The Morgan fingerprint density at radius 3 is 2.28 bits per heavy atom. The Balaban J connectivity index is 1.43. The molecule has 7 heteroatoms. The minimum Gasteiger partial charge on any atom is -0.368 e. The molecule has 6 nitrogen and oxygen atoms in total. The van der Waals surface area contributed by atoms with Crippen LogP contribution in [-0.2, 0) is 11.3 Å². The van der Waals surface area contributed by atoms with Gasteiger partial charge in [-0.05, 0) is 30.3 Å². The third-order valence-corrected chi connectivity index (χ3v) is 5.57. The van der Waals surface area contributed by atoms with Crippen molar-refractivity contribution in [1.82, 2.24) is 14.7 Å². The molecule has 0 radical (unpaired) electrons. The standard InChI is InChI=1S/C22H21BrN4O2/c23-18-8-6-17(7-9-18)20-10-11-21(28)27(24-20)16-22(29)26-14-12-25(13-15-26)19-4-2-1-3-5-19/h1-11H,12-16H2. The number of rotatable bonds is 4. The summed E-state index contributed by atoms with van der Waals surface area (Å²) in [7, 11) is 0. The third-order valence-electron chi connectivity index (χ3n) is 5.05. The summed E-state index contributed by atoms with van der Waals surface area (Å²) in [6, 6.07) is 21.0. The number of hydrogen-bond donors (Lipinski definition) is 0. The quantitative estimate of drug-likeness (QED) is 0.610. The van der Waals surface area contributed by atoms with Gasteiger partial charge in [0.05, 0.1) is 5.69 Å². The topological polar surface area (TPSA) is 58.4 Å². The van der Waals surface area contributed by atoms with Crippen molar-refractivity contribution in [3.8, 4) is 11.3 Å². The van der Waals surface area contributed by atoms with Gasteiger partial charge in [0.25, 0.3) is 5.56 Å². The first-order valence-corrected chi connectivity index (χ1v) is 10.3. The molecule has 1 aliphatic heterocycles. The highest BCUT2D eigenvalue weighted by atomic mass is 79.9. The van der Waals surface area contributed by atoms with Gasteiger partial charge in [-0.15, -0.1) is 0 Å². The molecule has 0 aliphatic carbocycles. The van der Waals surface area contributed by atoms with Crippen LogP contribution >= 0.6 is 15.9 Å². The summed E-state index contributed by atoms with van der Waals surface area (Å²) < 4.78 is 2.22. The van der Waals surface area contributed by atoms with E-state index in [1.807, 2.05) is 42.5 Å². The summed E-state index contributed by atoms with van der Waals surface area (Å²) in [4.78, 5) is 29.1. The molecule has 4 rings (SSSR count). The van der Waals surface area contributed by atoms with Gasteiger partial charge in [0, 0.05) is 48.0 Å². The minimum absolute atomic E-state index is 0.0471. The normalized spacial score (nSPS) is 14.1. The average Bonchev–Trinajstić information content (AvgIpc) is 2.76. The van der Waals surface area contributed by atoms with E-state index in [1.54, 1.807) is 11.0 Å². The van der Waals surface area contributed by atoms with Crippen LogP contribution in [0.4, 0.5) is 5.69 Å². The van der Waals surface area contributed by atoms with E-state index in [0.29, 0.717) is 18.8 Å². The van der Waals surface area contributed by atoms with Crippen LogP contribution in [-0.4, -0.2) is 46.8 Å². The number of para-hydroxylation sites is 1. The summed E-state index contributed by atoms with van der Waals surface area (Å²) in [5, 5.41) is 4.40. The van der Waals surface area contributed by atoms with Crippen molar-refractivity contribution in [1.29, 1.82) is 0 Å². The first kappa shape index (κ1) is 19.4. The van der Waals surface area contributed by atoms with E-state index in [-0.39, 0.29) is 18.0 Å². The molecule has 0 unspecified atom stereocenters. The van der Waals surface area contributed by atoms with Gasteiger partial charge in [-0.2, -0.15) is 5.10 Å². The molecule has 148 valence electrons. The van der Waals surface area contributed by atoms with Crippen LogP contribution in [0.2, 0.25) is 0 Å². The zero-order valence-corrected chi connectivity index (χ0v) is 17.5. The fourth-order valence-corrected chi connectivity index (χ4v) is 3.68. The maximum atomic E-state index is 12.8. The first-order chi connectivity index (χ1) is 14.1. The van der Waals surface area contributed by atoms with Crippen molar-refractivity contribution in [2.24, 2.45) is 0 Å². The smallest absolute Gasteiger partial charge is 0.267 e. The number of carbonyl (C=O) groups is 1. The van der Waals surface area contributed by atoms with Gasteiger partial charge in [0.15, 0.2) is 0 Å². The lowest BCUT2D eigenvalue weighted by atomic mass is 10.1. The molecule has 0 atom stereocenters. The van der Waals surface area contributed by atoms with Gasteiger partial charge in [-0.3, -0.25) is 9.59 Å². The van der Waals surface area contributed by atoms with E-state index >= 15 is 0 Å². The molecule has 1 amide bonds. The molecule has 2 heterocycles. The lowest BCUT2D eigenvalue weighted by Crippen LogP contribution is -2.50. The zero-order valence-electron chi connectivity index (χ0n) is 15.9. The second-order valence-corrected chi connectivity index (χ2v) is 7.84. The van der Waals surface area contributed by atoms with E-state index in [2.05, 4.69) is 38.1 Å². The molecular formula is C22H21BrN4O2. The van der Waals surface area contributed by atoms with E-state index in [4.69, 9.17) is 0 Å². The number of piperazine rings is 1.